The number of nitrogens with zero attached hydrogens (tertiary/aromatic N) is 1. The summed E-state index contributed by atoms with van der Waals surface area (Å²) in [5.41, 5.74) is 10.1. The number of rotatable bonds is 5. The normalized spacial score (nSPS) is 11.7. The van der Waals surface area contributed by atoms with Gasteiger partial charge in [0.25, 0.3) is 0 Å². The van der Waals surface area contributed by atoms with E-state index >= 15 is 0 Å². The van der Waals surface area contributed by atoms with Gasteiger partial charge in [-0.1, -0.05) is 25.1 Å². The van der Waals surface area contributed by atoms with Gasteiger partial charge in [0, 0.05) is 17.9 Å². The summed E-state index contributed by atoms with van der Waals surface area (Å²) in [5, 5.41) is 3.34. The number of nitrogen functional groups attached to an aromatic ring is 1. The molecule has 0 unspecified atom stereocenters. The molecule has 0 spiro atoms. The van der Waals surface area contributed by atoms with E-state index in [0.29, 0.717) is 28.2 Å². The Morgan fingerprint density at radius 2 is 1.70 bits per heavy atom. The van der Waals surface area contributed by atoms with E-state index < -0.39 is 11.7 Å². The van der Waals surface area contributed by atoms with Crippen LogP contribution in [-0.4, -0.2) is 11.5 Å². The van der Waals surface area contributed by atoms with Crippen LogP contribution in [0.2, 0.25) is 0 Å². The van der Waals surface area contributed by atoms with Crippen molar-refractivity contribution in [2.75, 3.05) is 17.6 Å². The molecule has 3 aromatic carbocycles. The number of nitrogens with one attached hydrogen (secondary N) is 1. The minimum absolute atomic E-state index is 0.431. The summed E-state index contributed by atoms with van der Waals surface area (Å²) in [5.74, 6) is 0.431. The molecule has 0 atom stereocenters. The lowest BCUT2D eigenvalue weighted by molar-refractivity contribution is -0.137. The minimum Gasteiger partial charge on any atom is -0.436 e. The number of halogens is 3. The second-order valence-corrected chi connectivity index (χ2v) is 7.01. The summed E-state index contributed by atoms with van der Waals surface area (Å²) in [4.78, 5) is 4.59. The first-order chi connectivity index (χ1) is 14.3. The summed E-state index contributed by atoms with van der Waals surface area (Å²) >= 11 is 0. The number of anilines is 2. The molecule has 0 radical (unpaired) electrons. The van der Waals surface area contributed by atoms with Crippen LogP contribution in [0.25, 0.3) is 33.7 Å². The maximum absolute atomic E-state index is 12.8. The molecular weight excluding hydrogens is 391 g/mol. The number of fused-ring (bicyclic) bond motifs is 1. The van der Waals surface area contributed by atoms with E-state index in [1.54, 1.807) is 24.3 Å². The minimum atomic E-state index is -4.36. The molecule has 0 amide bonds. The number of benzene rings is 3. The van der Waals surface area contributed by atoms with E-state index in [4.69, 9.17) is 10.2 Å². The fourth-order valence-corrected chi connectivity index (χ4v) is 3.23. The molecule has 30 heavy (non-hydrogen) atoms. The number of oxazole rings is 1. The van der Waals surface area contributed by atoms with E-state index in [1.807, 2.05) is 12.1 Å². The molecule has 4 rings (SSSR count). The van der Waals surface area contributed by atoms with Gasteiger partial charge >= 0.3 is 6.18 Å². The second-order valence-electron chi connectivity index (χ2n) is 7.01. The Morgan fingerprint density at radius 3 is 2.40 bits per heavy atom. The van der Waals surface area contributed by atoms with E-state index in [0.717, 1.165) is 41.9 Å². The van der Waals surface area contributed by atoms with Gasteiger partial charge in [-0.2, -0.15) is 13.2 Å². The van der Waals surface area contributed by atoms with Crippen LogP contribution >= 0.6 is 0 Å². The van der Waals surface area contributed by atoms with Crippen molar-refractivity contribution in [3.63, 3.8) is 0 Å². The van der Waals surface area contributed by atoms with Crippen molar-refractivity contribution in [3.05, 3.63) is 66.2 Å². The molecular formula is C23H20F3N3O. The van der Waals surface area contributed by atoms with Crippen LogP contribution in [0.3, 0.4) is 0 Å². The van der Waals surface area contributed by atoms with Crippen molar-refractivity contribution < 1.29 is 17.6 Å². The van der Waals surface area contributed by atoms with E-state index in [2.05, 4.69) is 17.2 Å². The number of alkyl halides is 3. The van der Waals surface area contributed by atoms with E-state index in [-0.39, 0.29) is 0 Å². The fraction of sp³-hybridized carbons (Fsp3) is 0.174. The predicted octanol–water partition coefficient (Wildman–Crippen LogP) is 6.58. The van der Waals surface area contributed by atoms with Crippen molar-refractivity contribution in [2.45, 2.75) is 19.5 Å². The number of hydrogen-bond acceptors (Lipinski definition) is 4. The van der Waals surface area contributed by atoms with E-state index in [9.17, 15) is 13.2 Å². The van der Waals surface area contributed by atoms with Crippen molar-refractivity contribution in [1.82, 2.24) is 4.98 Å². The van der Waals surface area contributed by atoms with Gasteiger partial charge in [0.2, 0.25) is 5.89 Å². The highest BCUT2D eigenvalue weighted by Gasteiger charge is 2.30. The average molecular weight is 411 g/mol. The van der Waals surface area contributed by atoms with Crippen LogP contribution in [0.5, 0.6) is 0 Å². The SMILES string of the molecule is CCCNc1ccc(N)cc1-c1nc2cc(-c3ccc(C(F)(F)F)cc3)ccc2o1. The standard InChI is InChI=1S/C23H20F3N3O/c1-2-11-28-19-9-8-17(27)13-18(19)22-29-20-12-15(5-10-21(20)30-22)14-3-6-16(7-4-14)23(24,25)26/h3-10,12-13,28H,2,11,27H2,1H3. The van der Waals surface area contributed by atoms with Gasteiger partial charge in [0.1, 0.15) is 5.52 Å². The lowest BCUT2D eigenvalue weighted by Gasteiger charge is -2.09. The maximum atomic E-state index is 12.8. The Bertz CT molecular complexity index is 1180. The van der Waals surface area contributed by atoms with Crippen molar-refractivity contribution in [1.29, 1.82) is 0 Å². The van der Waals surface area contributed by atoms with Crippen LogP contribution in [0.15, 0.2) is 65.1 Å². The molecule has 0 bridgehead atoms. The van der Waals surface area contributed by atoms with Crippen LogP contribution in [-0.2, 0) is 6.18 Å². The third-order valence-corrected chi connectivity index (χ3v) is 4.77. The van der Waals surface area contributed by atoms with Gasteiger partial charge in [-0.25, -0.2) is 4.98 Å². The van der Waals surface area contributed by atoms with Gasteiger partial charge in [0.15, 0.2) is 5.58 Å². The lowest BCUT2D eigenvalue weighted by atomic mass is 10.0. The Labute approximate surface area is 171 Å². The predicted molar refractivity (Wildman–Crippen MR) is 113 cm³/mol. The highest BCUT2D eigenvalue weighted by atomic mass is 19.4. The molecule has 4 nitrogen and oxygen atoms in total. The highest BCUT2D eigenvalue weighted by Crippen LogP contribution is 2.34. The molecule has 0 saturated carbocycles. The van der Waals surface area contributed by atoms with Crippen LogP contribution in [0, 0.1) is 0 Å². The average Bonchev–Trinajstić information content (AvgIpc) is 3.15. The zero-order chi connectivity index (χ0) is 21.3. The third kappa shape index (κ3) is 3.96. The highest BCUT2D eigenvalue weighted by molar-refractivity contribution is 5.85. The third-order valence-electron chi connectivity index (χ3n) is 4.77. The molecule has 7 heteroatoms. The maximum Gasteiger partial charge on any atom is 0.416 e. The molecule has 154 valence electrons. The first-order valence-corrected chi connectivity index (χ1v) is 9.57. The van der Waals surface area contributed by atoms with Crippen molar-refractivity contribution >= 4 is 22.5 Å². The largest absolute Gasteiger partial charge is 0.436 e. The molecule has 4 aromatic rings. The molecule has 3 N–H and O–H groups in total. The second kappa shape index (κ2) is 7.74. The van der Waals surface area contributed by atoms with Gasteiger partial charge < -0.3 is 15.5 Å². The van der Waals surface area contributed by atoms with Gasteiger partial charge in [-0.15, -0.1) is 0 Å². The summed E-state index contributed by atoms with van der Waals surface area (Å²) in [6, 6.07) is 15.9. The molecule has 1 aromatic heterocycles. The van der Waals surface area contributed by atoms with Crippen molar-refractivity contribution in [2.24, 2.45) is 0 Å². The number of nitrogens with two attached hydrogens (primary N) is 1. The summed E-state index contributed by atoms with van der Waals surface area (Å²) in [7, 11) is 0. The molecule has 0 aliphatic heterocycles. The van der Waals surface area contributed by atoms with Gasteiger partial charge in [-0.3, -0.25) is 0 Å². The molecule has 0 aliphatic carbocycles. The molecule has 0 aliphatic rings. The summed E-state index contributed by atoms with van der Waals surface area (Å²) < 4.78 is 44.3. The van der Waals surface area contributed by atoms with Crippen LogP contribution < -0.4 is 11.1 Å². The topological polar surface area (TPSA) is 64.1 Å². The Hall–Kier alpha value is -3.48. The smallest absolute Gasteiger partial charge is 0.416 e. The quantitative estimate of drug-likeness (QED) is 0.364. The zero-order valence-electron chi connectivity index (χ0n) is 16.3. The van der Waals surface area contributed by atoms with Gasteiger partial charge in [0.05, 0.1) is 11.1 Å². The Kier molecular flexibility index (Phi) is 5.11. The fourth-order valence-electron chi connectivity index (χ4n) is 3.23. The summed E-state index contributed by atoms with van der Waals surface area (Å²) in [6.07, 6.45) is -3.39. The monoisotopic (exact) mass is 411 g/mol. The zero-order valence-corrected chi connectivity index (χ0v) is 16.3. The first-order valence-electron chi connectivity index (χ1n) is 9.57. The molecule has 0 fully saturated rings. The van der Waals surface area contributed by atoms with Crippen LogP contribution in [0.1, 0.15) is 18.9 Å². The first kappa shape index (κ1) is 19.8. The molecule has 1 heterocycles. The molecule has 0 saturated heterocycles. The lowest BCUT2D eigenvalue weighted by Crippen LogP contribution is -2.03. The van der Waals surface area contributed by atoms with Crippen molar-refractivity contribution in [3.8, 4) is 22.6 Å². The number of hydrogen-bond donors (Lipinski definition) is 2. The Balaban J connectivity index is 1.71. The van der Waals surface area contributed by atoms with Gasteiger partial charge in [-0.05, 0) is 60.0 Å². The number of aromatic nitrogens is 1. The Morgan fingerprint density at radius 1 is 0.967 bits per heavy atom. The van der Waals surface area contributed by atoms with Crippen LogP contribution in [0.4, 0.5) is 24.5 Å². The summed E-state index contributed by atoms with van der Waals surface area (Å²) in [6.45, 7) is 2.88. The van der Waals surface area contributed by atoms with E-state index in [1.165, 1.54) is 12.1 Å².